The van der Waals surface area contributed by atoms with Crippen LogP contribution in [0.15, 0.2) is 36.7 Å². The van der Waals surface area contributed by atoms with Crippen LogP contribution in [-0.2, 0) is 0 Å². The fraction of sp³-hybridized carbons (Fsp3) is 0.357. The van der Waals surface area contributed by atoms with Gasteiger partial charge >= 0.3 is 0 Å². The van der Waals surface area contributed by atoms with Gasteiger partial charge in [0.05, 0.1) is 12.2 Å². The molecule has 1 unspecified atom stereocenters. The Morgan fingerprint density at radius 2 is 1.94 bits per heavy atom. The van der Waals surface area contributed by atoms with Crippen molar-refractivity contribution >= 4 is 11.6 Å². The third-order valence-corrected chi connectivity index (χ3v) is 3.75. The highest BCUT2D eigenvalue weighted by atomic mass is 35.5. The highest BCUT2D eigenvalue weighted by Crippen LogP contribution is 2.39. The Kier molecular flexibility index (Phi) is 2.67. The Balaban J connectivity index is 1.86. The fourth-order valence-electron chi connectivity index (χ4n) is 2.15. The predicted molar refractivity (Wildman–Crippen MR) is 70.1 cm³/mol. The van der Waals surface area contributed by atoms with E-state index >= 15 is 0 Å². The average molecular weight is 247 g/mol. The molecule has 0 amide bonds. The van der Waals surface area contributed by atoms with Crippen LogP contribution >= 0.6 is 11.6 Å². The smallest absolute Gasteiger partial charge is 0.0568 e. The summed E-state index contributed by atoms with van der Waals surface area (Å²) in [4.78, 5) is 0. The number of benzene rings is 1. The second kappa shape index (κ2) is 4.19. The van der Waals surface area contributed by atoms with Crippen molar-refractivity contribution in [1.82, 2.24) is 9.78 Å². The van der Waals surface area contributed by atoms with Gasteiger partial charge in [0.25, 0.3) is 0 Å². The van der Waals surface area contributed by atoms with Crippen LogP contribution in [0, 0.1) is 5.92 Å². The minimum atomic E-state index is 0.524. The molecule has 1 atom stereocenters. The largest absolute Gasteiger partial charge is 0.269 e. The van der Waals surface area contributed by atoms with Gasteiger partial charge in [-0.25, -0.2) is 0 Å². The maximum Gasteiger partial charge on any atom is 0.0568 e. The quantitative estimate of drug-likeness (QED) is 0.795. The van der Waals surface area contributed by atoms with E-state index in [4.69, 9.17) is 11.6 Å². The zero-order valence-electron chi connectivity index (χ0n) is 9.81. The number of nitrogens with zero attached hydrogens (tertiary/aromatic N) is 2. The molecule has 1 heterocycles. The Hall–Kier alpha value is -1.28. The maximum atomic E-state index is 5.88. The highest BCUT2D eigenvalue weighted by Gasteiger charge is 2.29. The maximum absolute atomic E-state index is 5.88. The summed E-state index contributed by atoms with van der Waals surface area (Å²) in [5, 5.41) is 5.23. The molecular formula is C14H15ClN2. The fourth-order valence-corrected chi connectivity index (χ4v) is 2.27. The lowest BCUT2D eigenvalue weighted by molar-refractivity contribution is 0.440. The minimum Gasteiger partial charge on any atom is -0.269 e. The van der Waals surface area contributed by atoms with Crippen molar-refractivity contribution in [2.45, 2.75) is 25.8 Å². The van der Waals surface area contributed by atoms with Gasteiger partial charge in [-0.05, 0) is 43.4 Å². The summed E-state index contributed by atoms with van der Waals surface area (Å²) in [7, 11) is 0. The first-order valence-corrected chi connectivity index (χ1v) is 6.42. The third-order valence-electron chi connectivity index (χ3n) is 3.50. The van der Waals surface area contributed by atoms with E-state index in [1.165, 1.54) is 18.4 Å². The van der Waals surface area contributed by atoms with E-state index in [-0.39, 0.29) is 0 Å². The van der Waals surface area contributed by atoms with Gasteiger partial charge in [0, 0.05) is 16.8 Å². The lowest BCUT2D eigenvalue weighted by Gasteiger charge is -2.09. The molecule has 1 aliphatic carbocycles. The molecule has 0 spiro atoms. The van der Waals surface area contributed by atoms with Gasteiger partial charge in [-0.15, -0.1) is 0 Å². The predicted octanol–water partition coefficient (Wildman–Crippen LogP) is 4.17. The Morgan fingerprint density at radius 1 is 1.24 bits per heavy atom. The van der Waals surface area contributed by atoms with Gasteiger partial charge < -0.3 is 0 Å². The summed E-state index contributed by atoms with van der Waals surface area (Å²) < 4.78 is 2.08. The van der Waals surface area contributed by atoms with Crippen LogP contribution in [-0.4, -0.2) is 9.78 Å². The second-order valence-electron chi connectivity index (χ2n) is 4.79. The first-order chi connectivity index (χ1) is 8.24. The molecule has 0 saturated heterocycles. The van der Waals surface area contributed by atoms with E-state index in [9.17, 15) is 0 Å². The van der Waals surface area contributed by atoms with Crippen molar-refractivity contribution in [3.63, 3.8) is 0 Å². The van der Waals surface area contributed by atoms with Crippen LogP contribution in [0.5, 0.6) is 0 Å². The van der Waals surface area contributed by atoms with Crippen molar-refractivity contribution in [3.8, 4) is 11.1 Å². The van der Waals surface area contributed by atoms with Crippen molar-refractivity contribution in [2.24, 2.45) is 5.92 Å². The zero-order chi connectivity index (χ0) is 11.8. The SMILES string of the molecule is CC(C1CC1)n1cc(-c2ccc(Cl)cc2)cn1. The molecule has 0 aliphatic heterocycles. The van der Waals surface area contributed by atoms with Gasteiger partial charge in [-0.1, -0.05) is 23.7 Å². The van der Waals surface area contributed by atoms with Crippen molar-refractivity contribution in [1.29, 1.82) is 0 Å². The summed E-state index contributed by atoms with van der Waals surface area (Å²) in [6.45, 7) is 2.25. The summed E-state index contributed by atoms with van der Waals surface area (Å²) >= 11 is 5.88. The highest BCUT2D eigenvalue weighted by molar-refractivity contribution is 6.30. The third kappa shape index (κ3) is 2.22. The molecule has 1 aromatic heterocycles. The van der Waals surface area contributed by atoms with Gasteiger partial charge in [-0.3, -0.25) is 4.68 Å². The van der Waals surface area contributed by atoms with Crippen molar-refractivity contribution in [2.75, 3.05) is 0 Å². The molecule has 1 saturated carbocycles. The number of hydrogen-bond donors (Lipinski definition) is 0. The molecule has 2 aromatic rings. The number of aromatic nitrogens is 2. The van der Waals surface area contributed by atoms with Crippen LogP contribution in [0.1, 0.15) is 25.8 Å². The van der Waals surface area contributed by atoms with Crippen molar-refractivity contribution in [3.05, 3.63) is 41.7 Å². The first-order valence-electron chi connectivity index (χ1n) is 6.04. The minimum absolute atomic E-state index is 0.524. The van der Waals surface area contributed by atoms with Crippen LogP contribution < -0.4 is 0 Å². The van der Waals surface area contributed by atoms with Crippen LogP contribution in [0.4, 0.5) is 0 Å². The summed E-state index contributed by atoms with van der Waals surface area (Å²) in [5.41, 5.74) is 2.33. The number of hydrogen-bond acceptors (Lipinski definition) is 1. The Morgan fingerprint density at radius 3 is 2.59 bits per heavy atom. The molecule has 88 valence electrons. The lowest BCUT2D eigenvalue weighted by Crippen LogP contribution is -2.06. The molecule has 1 fully saturated rings. The van der Waals surface area contributed by atoms with E-state index in [0.29, 0.717) is 6.04 Å². The van der Waals surface area contributed by atoms with E-state index in [1.54, 1.807) is 0 Å². The molecule has 0 N–H and O–H groups in total. The molecule has 17 heavy (non-hydrogen) atoms. The first kappa shape index (κ1) is 10.8. The van der Waals surface area contributed by atoms with E-state index < -0.39 is 0 Å². The van der Waals surface area contributed by atoms with E-state index in [0.717, 1.165) is 16.5 Å². The number of rotatable bonds is 3. The molecule has 1 aliphatic rings. The monoisotopic (exact) mass is 246 g/mol. The van der Waals surface area contributed by atoms with Gasteiger partial charge in [0.15, 0.2) is 0 Å². The molecule has 2 nitrogen and oxygen atoms in total. The molecule has 1 aromatic carbocycles. The molecule has 0 bridgehead atoms. The zero-order valence-corrected chi connectivity index (χ0v) is 10.6. The standard InChI is InChI=1S/C14H15ClN2/c1-10(11-2-3-11)17-9-13(8-16-17)12-4-6-14(15)7-5-12/h4-11H,2-3H2,1H3. The van der Waals surface area contributed by atoms with Gasteiger partial charge in [0.2, 0.25) is 0 Å². The van der Waals surface area contributed by atoms with Crippen molar-refractivity contribution < 1.29 is 0 Å². The molecule has 3 heteroatoms. The molecule has 0 radical (unpaired) electrons. The van der Waals surface area contributed by atoms with Crippen LogP contribution in [0.3, 0.4) is 0 Å². The average Bonchev–Trinajstić information content (AvgIpc) is 3.07. The second-order valence-corrected chi connectivity index (χ2v) is 5.23. The van der Waals surface area contributed by atoms with Gasteiger partial charge in [0.1, 0.15) is 0 Å². The summed E-state index contributed by atoms with van der Waals surface area (Å²) in [5.74, 6) is 0.827. The van der Waals surface area contributed by atoms with E-state index in [1.807, 2.05) is 30.5 Å². The van der Waals surface area contributed by atoms with Crippen LogP contribution in [0.25, 0.3) is 11.1 Å². The summed E-state index contributed by atoms with van der Waals surface area (Å²) in [6, 6.07) is 8.42. The Labute approximate surface area is 106 Å². The van der Waals surface area contributed by atoms with Gasteiger partial charge in [-0.2, -0.15) is 5.10 Å². The topological polar surface area (TPSA) is 17.8 Å². The molecule has 3 rings (SSSR count). The van der Waals surface area contributed by atoms with Crippen LogP contribution in [0.2, 0.25) is 5.02 Å². The lowest BCUT2D eigenvalue weighted by atomic mass is 10.1. The normalized spacial score (nSPS) is 17.1. The van der Waals surface area contributed by atoms with E-state index in [2.05, 4.69) is 22.9 Å². The number of halogens is 1. The molecular weight excluding hydrogens is 232 g/mol. The summed E-state index contributed by atoms with van der Waals surface area (Å²) in [6.07, 6.45) is 6.75. The Bertz CT molecular complexity index is 511.